The fourth-order valence-corrected chi connectivity index (χ4v) is 7.12. The van der Waals surface area contributed by atoms with Gasteiger partial charge in [-0.25, -0.2) is 0 Å². The molecule has 2 heterocycles. The Balaban J connectivity index is 1.11. The maximum atomic E-state index is 13.0. The van der Waals surface area contributed by atoms with Crippen LogP contribution in [0.4, 0.5) is 5.69 Å². The maximum Gasteiger partial charge on any atom is 0.255 e. The highest BCUT2D eigenvalue weighted by Gasteiger charge is 2.60. The van der Waals surface area contributed by atoms with Gasteiger partial charge in [0.15, 0.2) is 0 Å². The number of piperidine rings is 1. The Morgan fingerprint density at radius 1 is 1.08 bits per heavy atom. The smallest absolute Gasteiger partial charge is 0.255 e. The Morgan fingerprint density at radius 3 is 2.55 bits per heavy atom. The van der Waals surface area contributed by atoms with Crippen LogP contribution >= 0.6 is 0 Å². The van der Waals surface area contributed by atoms with Crippen LogP contribution < -0.4 is 16.0 Å². The van der Waals surface area contributed by atoms with Crippen LogP contribution in [0.15, 0.2) is 53.1 Å². The van der Waals surface area contributed by atoms with Gasteiger partial charge in [-0.3, -0.25) is 19.7 Å². The number of hydrogen-bond donors (Lipinski definition) is 3. The molecule has 4 atom stereocenters. The molecule has 1 unspecified atom stereocenters. The zero-order valence-electron chi connectivity index (χ0n) is 22.2. The number of carbonyl (C=O) groups excluding carboxylic acids is 3. The molecule has 2 aromatic carbocycles. The van der Waals surface area contributed by atoms with Crippen molar-refractivity contribution in [2.45, 2.75) is 71.4 Å². The molecular weight excluding hydrogens is 478 g/mol. The summed E-state index contributed by atoms with van der Waals surface area (Å²) in [6.45, 7) is 8.10. The van der Waals surface area contributed by atoms with Gasteiger partial charge in [-0.2, -0.15) is 0 Å². The fourth-order valence-electron chi connectivity index (χ4n) is 7.12. The van der Waals surface area contributed by atoms with Gasteiger partial charge in [-0.15, -0.1) is 0 Å². The summed E-state index contributed by atoms with van der Waals surface area (Å²) in [5.74, 6) is -0.410. The Bertz CT molecular complexity index is 1420. The summed E-state index contributed by atoms with van der Waals surface area (Å²) in [6, 6.07) is 13.7. The molecule has 1 aromatic heterocycles. The molecule has 6 rings (SSSR count). The molecule has 1 aliphatic heterocycles. The Hall–Kier alpha value is -3.45. The van der Waals surface area contributed by atoms with Crippen molar-refractivity contribution >= 4 is 34.4 Å². The van der Waals surface area contributed by atoms with Gasteiger partial charge in [0, 0.05) is 41.2 Å². The van der Waals surface area contributed by atoms with Crippen molar-refractivity contribution in [1.82, 2.24) is 10.6 Å². The molecular formula is C31H35N3O4. The number of fused-ring (bicyclic) bond motifs is 3. The fraction of sp³-hybridized carbons (Fsp3) is 0.452. The van der Waals surface area contributed by atoms with Gasteiger partial charge in [0.05, 0.1) is 12.2 Å². The molecule has 3 N–H and O–H groups in total. The second kappa shape index (κ2) is 9.09. The molecule has 0 spiro atoms. The van der Waals surface area contributed by atoms with Crippen molar-refractivity contribution in [3.8, 4) is 0 Å². The van der Waals surface area contributed by atoms with Gasteiger partial charge < -0.3 is 15.1 Å². The quantitative estimate of drug-likeness (QED) is 0.378. The van der Waals surface area contributed by atoms with E-state index < -0.39 is 5.92 Å². The average molecular weight is 514 g/mol. The van der Waals surface area contributed by atoms with Gasteiger partial charge in [0.2, 0.25) is 11.8 Å². The first-order chi connectivity index (χ1) is 18.2. The molecule has 7 nitrogen and oxygen atoms in total. The van der Waals surface area contributed by atoms with Crippen LogP contribution in [0.1, 0.15) is 80.3 Å². The summed E-state index contributed by atoms with van der Waals surface area (Å²) in [4.78, 5) is 36.9. The van der Waals surface area contributed by atoms with Gasteiger partial charge in [-0.05, 0) is 78.3 Å². The van der Waals surface area contributed by atoms with Crippen molar-refractivity contribution in [2.75, 3.05) is 5.32 Å². The van der Waals surface area contributed by atoms with Crippen LogP contribution in [-0.4, -0.2) is 23.8 Å². The largest absolute Gasteiger partial charge is 0.464 e. The summed E-state index contributed by atoms with van der Waals surface area (Å²) in [7, 11) is 0. The van der Waals surface area contributed by atoms with Crippen LogP contribution in [0.5, 0.6) is 0 Å². The van der Waals surface area contributed by atoms with E-state index in [1.165, 1.54) is 24.8 Å². The van der Waals surface area contributed by atoms with Gasteiger partial charge in [0.1, 0.15) is 5.58 Å². The zero-order chi connectivity index (χ0) is 26.7. The minimum Gasteiger partial charge on any atom is -0.464 e. The molecule has 7 heteroatoms. The number of anilines is 1. The highest BCUT2D eigenvalue weighted by Crippen LogP contribution is 2.65. The summed E-state index contributed by atoms with van der Waals surface area (Å²) >= 11 is 0. The topological polar surface area (TPSA) is 100 Å². The maximum absolute atomic E-state index is 13.0. The Morgan fingerprint density at radius 2 is 1.87 bits per heavy atom. The third-order valence-corrected chi connectivity index (χ3v) is 10.0. The molecule has 38 heavy (non-hydrogen) atoms. The second-order valence-electron chi connectivity index (χ2n) is 12.1. The summed E-state index contributed by atoms with van der Waals surface area (Å²) < 4.78 is 5.65. The summed E-state index contributed by atoms with van der Waals surface area (Å²) in [5, 5.41) is 9.93. The molecule has 2 aliphatic carbocycles. The third kappa shape index (κ3) is 4.04. The number of hydrogen-bond acceptors (Lipinski definition) is 5. The van der Waals surface area contributed by atoms with E-state index in [1.54, 1.807) is 18.4 Å². The number of amides is 3. The number of imide groups is 1. The molecule has 1 saturated heterocycles. The SMILES string of the molecule is CC1(C)[C@@H]2CC[C@@]1(C)[C@@H](NCc1ccc(C(=O)Nc3ccc4occ(C5CCC(=O)NC5=O)c4c3)cc1)C2. The predicted molar refractivity (Wildman–Crippen MR) is 146 cm³/mol. The van der Waals surface area contributed by atoms with Crippen LogP contribution in [0.2, 0.25) is 0 Å². The molecule has 0 radical (unpaired) electrons. The normalized spacial score (nSPS) is 28.0. The molecule has 3 fully saturated rings. The highest BCUT2D eigenvalue weighted by atomic mass is 16.3. The molecule has 198 valence electrons. The Kier molecular flexibility index (Phi) is 5.94. The lowest BCUT2D eigenvalue weighted by Gasteiger charge is -2.39. The van der Waals surface area contributed by atoms with E-state index in [9.17, 15) is 14.4 Å². The van der Waals surface area contributed by atoms with Crippen LogP contribution in [0.25, 0.3) is 11.0 Å². The summed E-state index contributed by atoms with van der Waals surface area (Å²) in [5.41, 5.74) is 4.45. The number of nitrogens with one attached hydrogen (secondary N) is 3. The van der Waals surface area contributed by atoms with E-state index in [1.807, 2.05) is 30.3 Å². The van der Waals surface area contributed by atoms with Crippen molar-refractivity contribution < 1.29 is 18.8 Å². The lowest BCUT2D eigenvalue weighted by atomic mass is 9.69. The Labute approximate surface area is 222 Å². The van der Waals surface area contributed by atoms with Crippen LogP contribution in [-0.2, 0) is 16.1 Å². The van der Waals surface area contributed by atoms with E-state index in [0.29, 0.717) is 46.5 Å². The zero-order valence-corrected chi connectivity index (χ0v) is 22.2. The second-order valence-corrected chi connectivity index (χ2v) is 12.1. The van der Waals surface area contributed by atoms with Crippen molar-refractivity contribution in [3.05, 3.63) is 65.4 Å². The number of rotatable bonds is 6. The molecule has 3 amide bonds. The first-order valence-corrected chi connectivity index (χ1v) is 13.6. The minimum absolute atomic E-state index is 0.197. The number of carbonyl (C=O) groups is 3. The molecule has 3 aromatic rings. The van der Waals surface area contributed by atoms with Crippen molar-refractivity contribution in [1.29, 1.82) is 0 Å². The predicted octanol–water partition coefficient (Wildman–Crippen LogP) is 5.51. The van der Waals surface area contributed by atoms with Crippen molar-refractivity contribution in [3.63, 3.8) is 0 Å². The first-order valence-electron chi connectivity index (χ1n) is 13.6. The van der Waals surface area contributed by atoms with Crippen LogP contribution in [0.3, 0.4) is 0 Å². The lowest BCUT2D eigenvalue weighted by Crippen LogP contribution is -2.44. The molecule has 2 bridgehead atoms. The number of benzene rings is 2. The third-order valence-electron chi connectivity index (χ3n) is 10.0. The number of furan rings is 1. The first kappa shape index (κ1) is 24.9. The lowest BCUT2D eigenvalue weighted by molar-refractivity contribution is -0.134. The minimum atomic E-state index is -0.450. The standard InChI is InChI=1S/C31H35N3O4/c1-30(2)20-12-13-31(30,3)26(14-20)32-16-18-4-6-19(7-5-18)28(36)33-21-8-10-25-23(15-21)24(17-38-25)22-9-11-27(35)34-29(22)37/h4-8,10,15,17,20,22,26,32H,9,11-14,16H2,1-3H3,(H,33,36)(H,34,35,37)/t20-,22?,26+,31+/m1/s1. The highest BCUT2D eigenvalue weighted by molar-refractivity contribution is 6.06. The van der Waals surface area contributed by atoms with Gasteiger partial charge >= 0.3 is 0 Å². The van der Waals surface area contributed by atoms with Crippen LogP contribution in [0, 0.1) is 16.7 Å². The van der Waals surface area contributed by atoms with E-state index in [4.69, 9.17) is 4.42 Å². The summed E-state index contributed by atoms with van der Waals surface area (Å²) in [6.07, 6.45) is 6.19. The molecule has 3 aliphatic rings. The monoisotopic (exact) mass is 513 g/mol. The molecule has 2 saturated carbocycles. The van der Waals surface area contributed by atoms with E-state index in [0.717, 1.165) is 23.4 Å². The van der Waals surface area contributed by atoms with Crippen molar-refractivity contribution in [2.24, 2.45) is 16.7 Å². The van der Waals surface area contributed by atoms with E-state index in [2.05, 4.69) is 36.7 Å². The van der Waals surface area contributed by atoms with E-state index >= 15 is 0 Å². The van der Waals surface area contributed by atoms with E-state index in [-0.39, 0.29) is 17.7 Å². The average Bonchev–Trinajstić information content (AvgIpc) is 3.46. The van der Waals surface area contributed by atoms with Gasteiger partial charge in [-0.1, -0.05) is 32.9 Å². The van der Waals surface area contributed by atoms with Gasteiger partial charge in [0.25, 0.3) is 5.91 Å².